The Morgan fingerprint density at radius 2 is 1.89 bits per heavy atom. The Labute approximate surface area is 163 Å². The number of methoxy groups -OCH3 is 1. The summed E-state index contributed by atoms with van der Waals surface area (Å²) in [6.07, 6.45) is 4.28. The van der Waals surface area contributed by atoms with E-state index in [-0.39, 0.29) is 0 Å². The maximum absolute atomic E-state index is 11.1. The van der Waals surface area contributed by atoms with Gasteiger partial charge in [-0.15, -0.1) is 0 Å². The number of hydrogen-bond acceptors (Lipinski definition) is 2. The molecule has 0 saturated carbocycles. The molecule has 2 aromatic heterocycles. The summed E-state index contributed by atoms with van der Waals surface area (Å²) in [6.45, 7) is 5.78. The number of carboxylic acid groups (broad SMARTS) is 1. The zero-order valence-corrected chi connectivity index (χ0v) is 16.3. The van der Waals surface area contributed by atoms with Gasteiger partial charge < -0.3 is 14.4 Å². The van der Waals surface area contributed by atoms with Gasteiger partial charge in [-0.3, -0.25) is 0 Å². The van der Waals surface area contributed by atoms with E-state index < -0.39 is 5.97 Å². The van der Waals surface area contributed by atoms with Gasteiger partial charge in [0.1, 0.15) is 17.8 Å². The van der Waals surface area contributed by atoms with E-state index in [0.29, 0.717) is 12.1 Å². The summed E-state index contributed by atoms with van der Waals surface area (Å²) in [6, 6.07) is 13.4. The number of ether oxygens (including phenoxy) is 1. The number of carboxylic acids is 1. The fourth-order valence-corrected chi connectivity index (χ4v) is 3.80. The predicted molar refractivity (Wildman–Crippen MR) is 109 cm³/mol. The summed E-state index contributed by atoms with van der Waals surface area (Å²) in [5.74, 6) is -0.0774. The lowest BCUT2D eigenvalue weighted by molar-refractivity contribution is -0.692. The van der Waals surface area contributed by atoms with Gasteiger partial charge in [0.25, 0.3) is 0 Å². The smallest absolute Gasteiger partial charge is 0.335 e. The highest BCUT2D eigenvalue weighted by Crippen LogP contribution is 2.34. The summed E-state index contributed by atoms with van der Waals surface area (Å²) < 4.78 is 9.95. The first-order chi connectivity index (χ1) is 13.5. The monoisotopic (exact) mass is 375 g/mol. The van der Waals surface area contributed by atoms with Crippen molar-refractivity contribution in [3.05, 3.63) is 71.5 Å². The number of aryl methyl sites for hydroxylation is 2. The third kappa shape index (κ3) is 2.99. The van der Waals surface area contributed by atoms with Gasteiger partial charge in [-0.1, -0.05) is 12.1 Å². The highest BCUT2D eigenvalue weighted by atomic mass is 16.5. The number of fused-ring (bicyclic) bond motifs is 3. The normalized spacial score (nSPS) is 11.2. The van der Waals surface area contributed by atoms with E-state index in [4.69, 9.17) is 9.84 Å². The van der Waals surface area contributed by atoms with Crippen molar-refractivity contribution in [1.82, 2.24) is 4.57 Å². The van der Waals surface area contributed by atoms with Crippen molar-refractivity contribution in [2.75, 3.05) is 7.11 Å². The van der Waals surface area contributed by atoms with Gasteiger partial charge in [-0.2, -0.15) is 0 Å². The zero-order chi connectivity index (χ0) is 19.8. The predicted octanol–water partition coefficient (Wildman–Crippen LogP) is 4.17. The molecule has 142 valence electrons. The van der Waals surface area contributed by atoms with Crippen LogP contribution in [0.2, 0.25) is 0 Å². The standard InChI is InChI=1S/C23H22N2O3/c1-4-24-10-9-19-21(14-24)25(13-16-5-7-17(8-6-16)23(26)27)20-12-18(28-3)11-15(2)22(19)20/h5-12,14H,4,13H2,1-3H3/p+1. The Kier molecular flexibility index (Phi) is 4.51. The number of hydrogen-bond donors (Lipinski definition) is 1. The molecule has 0 atom stereocenters. The Balaban J connectivity index is 1.95. The average molecular weight is 375 g/mol. The van der Waals surface area contributed by atoms with E-state index in [0.717, 1.165) is 28.9 Å². The summed E-state index contributed by atoms with van der Waals surface area (Å²) in [7, 11) is 1.68. The minimum Gasteiger partial charge on any atom is -0.497 e. The molecule has 0 aliphatic heterocycles. The van der Waals surface area contributed by atoms with Crippen molar-refractivity contribution < 1.29 is 19.2 Å². The molecule has 0 fully saturated rings. The highest BCUT2D eigenvalue weighted by molar-refractivity contribution is 6.09. The average Bonchev–Trinajstić information content (AvgIpc) is 3.01. The summed E-state index contributed by atoms with van der Waals surface area (Å²) >= 11 is 0. The zero-order valence-electron chi connectivity index (χ0n) is 16.3. The van der Waals surface area contributed by atoms with Gasteiger partial charge >= 0.3 is 5.97 Å². The van der Waals surface area contributed by atoms with Gasteiger partial charge in [-0.05, 0) is 43.2 Å². The Morgan fingerprint density at radius 1 is 1.14 bits per heavy atom. The lowest BCUT2D eigenvalue weighted by atomic mass is 10.1. The third-order valence-electron chi connectivity index (χ3n) is 5.28. The topological polar surface area (TPSA) is 55.3 Å². The van der Waals surface area contributed by atoms with Crippen LogP contribution in [0.25, 0.3) is 21.8 Å². The van der Waals surface area contributed by atoms with E-state index in [1.807, 2.05) is 12.1 Å². The van der Waals surface area contributed by atoms with Crippen LogP contribution in [0.15, 0.2) is 54.9 Å². The fourth-order valence-electron chi connectivity index (χ4n) is 3.80. The van der Waals surface area contributed by atoms with Crippen LogP contribution in [-0.4, -0.2) is 22.8 Å². The molecule has 2 aromatic carbocycles. The fraction of sp³-hybridized carbons (Fsp3) is 0.217. The molecule has 0 amide bonds. The van der Waals surface area contributed by atoms with E-state index in [1.165, 1.54) is 16.3 Å². The molecule has 0 unspecified atom stereocenters. The quantitative estimate of drug-likeness (QED) is 0.533. The Bertz CT molecular complexity index is 1190. The highest BCUT2D eigenvalue weighted by Gasteiger charge is 2.17. The Morgan fingerprint density at radius 3 is 2.54 bits per heavy atom. The molecular weight excluding hydrogens is 352 g/mol. The maximum atomic E-state index is 11.1. The molecule has 4 rings (SSSR count). The van der Waals surface area contributed by atoms with Crippen LogP contribution in [-0.2, 0) is 13.1 Å². The molecule has 2 heterocycles. The second kappa shape index (κ2) is 7.00. The van der Waals surface area contributed by atoms with E-state index >= 15 is 0 Å². The van der Waals surface area contributed by atoms with Gasteiger partial charge in [0.2, 0.25) is 0 Å². The number of aromatic nitrogens is 2. The molecule has 5 nitrogen and oxygen atoms in total. The van der Waals surface area contributed by atoms with Crippen molar-refractivity contribution in [3.8, 4) is 5.75 Å². The summed E-state index contributed by atoms with van der Waals surface area (Å²) in [4.78, 5) is 11.1. The van der Waals surface area contributed by atoms with Crippen LogP contribution < -0.4 is 9.30 Å². The number of benzene rings is 2. The largest absolute Gasteiger partial charge is 0.497 e. The van der Waals surface area contributed by atoms with E-state index in [2.05, 4.69) is 53.6 Å². The van der Waals surface area contributed by atoms with Crippen molar-refractivity contribution in [2.24, 2.45) is 0 Å². The first-order valence-corrected chi connectivity index (χ1v) is 9.33. The molecule has 0 saturated heterocycles. The molecule has 0 bridgehead atoms. The van der Waals surface area contributed by atoms with Crippen LogP contribution in [0.3, 0.4) is 0 Å². The molecular formula is C23H23N2O3+. The SMILES string of the molecule is CC[n+]1ccc2c3c(C)cc(OC)cc3n(Cc3ccc(C(=O)O)cc3)c2c1. The molecule has 0 aliphatic carbocycles. The number of carbonyl (C=O) groups is 1. The second-order valence-corrected chi connectivity index (χ2v) is 7.00. The molecule has 0 spiro atoms. The van der Waals surface area contributed by atoms with Crippen LogP contribution >= 0.6 is 0 Å². The van der Waals surface area contributed by atoms with Gasteiger partial charge in [0.15, 0.2) is 12.4 Å². The lowest BCUT2D eigenvalue weighted by Gasteiger charge is -2.09. The van der Waals surface area contributed by atoms with Crippen LogP contribution in [0.4, 0.5) is 0 Å². The van der Waals surface area contributed by atoms with Crippen LogP contribution in [0.5, 0.6) is 5.75 Å². The minimum atomic E-state index is -0.909. The molecule has 0 aliphatic rings. The molecule has 1 N–H and O–H groups in total. The summed E-state index contributed by atoms with van der Waals surface area (Å²) in [5, 5.41) is 11.6. The van der Waals surface area contributed by atoms with Crippen molar-refractivity contribution in [3.63, 3.8) is 0 Å². The van der Waals surface area contributed by atoms with Crippen LogP contribution in [0, 0.1) is 6.92 Å². The number of aromatic carboxylic acids is 1. The Hall–Kier alpha value is -3.34. The summed E-state index contributed by atoms with van der Waals surface area (Å²) in [5.41, 5.74) is 4.79. The molecule has 4 aromatic rings. The number of nitrogens with zero attached hydrogens (tertiary/aromatic N) is 2. The van der Waals surface area contributed by atoms with Crippen molar-refractivity contribution >= 4 is 27.8 Å². The van der Waals surface area contributed by atoms with Gasteiger partial charge in [0, 0.05) is 29.4 Å². The first kappa shape index (κ1) is 18.0. The number of pyridine rings is 1. The second-order valence-electron chi connectivity index (χ2n) is 7.00. The van der Waals surface area contributed by atoms with Crippen LogP contribution in [0.1, 0.15) is 28.4 Å². The van der Waals surface area contributed by atoms with E-state index in [1.54, 1.807) is 19.2 Å². The number of rotatable bonds is 5. The lowest BCUT2D eigenvalue weighted by Crippen LogP contribution is -2.31. The van der Waals surface area contributed by atoms with E-state index in [9.17, 15) is 4.79 Å². The van der Waals surface area contributed by atoms with Crippen molar-refractivity contribution in [1.29, 1.82) is 0 Å². The van der Waals surface area contributed by atoms with Crippen molar-refractivity contribution in [2.45, 2.75) is 26.9 Å². The third-order valence-corrected chi connectivity index (χ3v) is 5.28. The molecule has 5 heteroatoms. The van der Waals surface area contributed by atoms with Gasteiger partial charge in [-0.25, -0.2) is 9.36 Å². The molecule has 28 heavy (non-hydrogen) atoms. The maximum Gasteiger partial charge on any atom is 0.335 e. The van der Waals surface area contributed by atoms with Gasteiger partial charge in [0.05, 0.1) is 18.2 Å². The first-order valence-electron chi connectivity index (χ1n) is 9.33. The minimum absolute atomic E-state index is 0.298. The molecule has 0 radical (unpaired) electrons.